The number of nitrogens with one attached hydrogen (secondary N) is 1. The molecule has 1 unspecified atom stereocenters. The Kier molecular flexibility index (Phi) is 6.30. The minimum absolute atomic E-state index is 0.361. The topological polar surface area (TPSA) is 30.5 Å². The summed E-state index contributed by atoms with van der Waals surface area (Å²) >= 11 is 1.78. The van der Waals surface area contributed by atoms with E-state index in [2.05, 4.69) is 11.4 Å². The number of thioether (sulfide) groups is 1. The summed E-state index contributed by atoms with van der Waals surface area (Å²) in [6.45, 7) is 0.721. The molecule has 0 amide bonds. The molecule has 0 spiro atoms. The second-order valence-corrected chi connectivity index (χ2v) is 4.46. The lowest BCUT2D eigenvalue weighted by Crippen LogP contribution is -2.32. The van der Waals surface area contributed by atoms with Crippen molar-refractivity contribution in [3.05, 3.63) is 24.3 Å². The van der Waals surface area contributed by atoms with Crippen LogP contribution in [-0.2, 0) is 4.74 Å². The molecule has 0 aliphatic carbocycles. The van der Waals surface area contributed by atoms with Gasteiger partial charge in [0.15, 0.2) is 0 Å². The minimum atomic E-state index is 0.361. The molecule has 0 heterocycles. The molecule has 0 fully saturated rings. The van der Waals surface area contributed by atoms with E-state index in [1.165, 1.54) is 4.90 Å². The summed E-state index contributed by atoms with van der Waals surface area (Å²) in [4.78, 5) is 1.17. The van der Waals surface area contributed by atoms with E-state index in [1.807, 2.05) is 25.2 Å². The SMILES string of the molecule is CNC(COC)CSc1ccccc1OC. The smallest absolute Gasteiger partial charge is 0.132 e. The molecule has 3 nitrogen and oxygen atoms in total. The van der Waals surface area contributed by atoms with Gasteiger partial charge in [0, 0.05) is 23.8 Å². The molecule has 1 N–H and O–H groups in total. The molecule has 0 bridgehead atoms. The highest BCUT2D eigenvalue weighted by Crippen LogP contribution is 2.28. The third kappa shape index (κ3) is 4.04. The monoisotopic (exact) mass is 241 g/mol. The van der Waals surface area contributed by atoms with Crippen LogP contribution in [0.15, 0.2) is 29.2 Å². The van der Waals surface area contributed by atoms with Crippen molar-refractivity contribution in [2.24, 2.45) is 0 Å². The molecule has 0 aliphatic rings. The average Bonchev–Trinajstić information content (AvgIpc) is 2.34. The fourth-order valence-corrected chi connectivity index (χ4v) is 2.46. The summed E-state index contributed by atoms with van der Waals surface area (Å²) < 4.78 is 10.4. The molecule has 0 saturated heterocycles. The fraction of sp³-hybridized carbons (Fsp3) is 0.500. The van der Waals surface area contributed by atoms with Gasteiger partial charge in [0.05, 0.1) is 13.7 Å². The predicted octanol–water partition coefficient (Wildman–Crippen LogP) is 2.02. The van der Waals surface area contributed by atoms with Gasteiger partial charge >= 0.3 is 0 Å². The first-order valence-electron chi connectivity index (χ1n) is 5.23. The van der Waals surface area contributed by atoms with Crippen LogP contribution in [0.25, 0.3) is 0 Å². The van der Waals surface area contributed by atoms with Crippen molar-refractivity contribution < 1.29 is 9.47 Å². The van der Waals surface area contributed by atoms with E-state index in [0.29, 0.717) is 6.04 Å². The summed E-state index contributed by atoms with van der Waals surface area (Å²) in [7, 11) is 5.37. The Labute approximate surface area is 102 Å². The number of methoxy groups -OCH3 is 2. The Morgan fingerprint density at radius 1 is 1.31 bits per heavy atom. The molecule has 0 aliphatic heterocycles. The maximum Gasteiger partial charge on any atom is 0.132 e. The van der Waals surface area contributed by atoms with Crippen LogP contribution in [0.3, 0.4) is 0 Å². The highest BCUT2D eigenvalue weighted by molar-refractivity contribution is 7.99. The number of hydrogen-bond acceptors (Lipinski definition) is 4. The van der Waals surface area contributed by atoms with Gasteiger partial charge in [-0.1, -0.05) is 12.1 Å². The Morgan fingerprint density at radius 3 is 2.69 bits per heavy atom. The normalized spacial score (nSPS) is 12.4. The second-order valence-electron chi connectivity index (χ2n) is 3.40. The zero-order valence-corrected chi connectivity index (χ0v) is 10.8. The van der Waals surface area contributed by atoms with Gasteiger partial charge in [-0.15, -0.1) is 11.8 Å². The van der Waals surface area contributed by atoms with Crippen LogP contribution >= 0.6 is 11.8 Å². The van der Waals surface area contributed by atoms with Crippen LogP contribution in [0.1, 0.15) is 0 Å². The highest BCUT2D eigenvalue weighted by atomic mass is 32.2. The number of para-hydroxylation sites is 1. The number of hydrogen-bond donors (Lipinski definition) is 1. The van der Waals surface area contributed by atoms with Crippen molar-refractivity contribution in [1.82, 2.24) is 5.32 Å². The van der Waals surface area contributed by atoms with Gasteiger partial charge in [-0.3, -0.25) is 0 Å². The standard InChI is InChI=1S/C12H19NO2S/c1-13-10(8-14-2)9-16-12-7-5-4-6-11(12)15-3/h4-7,10,13H,8-9H2,1-3H3. The van der Waals surface area contributed by atoms with Crippen molar-refractivity contribution in [1.29, 1.82) is 0 Å². The zero-order chi connectivity index (χ0) is 11.8. The van der Waals surface area contributed by atoms with E-state index in [9.17, 15) is 0 Å². The Bertz CT molecular complexity index is 307. The first kappa shape index (κ1) is 13.4. The van der Waals surface area contributed by atoms with Crippen molar-refractivity contribution in [3.63, 3.8) is 0 Å². The first-order chi connectivity index (χ1) is 7.81. The Balaban J connectivity index is 2.52. The molecule has 1 atom stereocenters. The minimum Gasteiger partial charge on any atom is -0.496 e. The van der Waals surface area contributed by atoms with E-state index < -0.39 is 0 Å². The maximum atomic E-state index is 5.30. The number of rotatable bonds is 7. The molecule has 1 aromatic carbocycles. The van der Waals surface area contributed by atoms with Gasteiger partial charge < -0.3 is 14.8 Å². The number of likely N-dealkylation sites (N-methyl/N-ethyl adjacent to an activating group) is 1. The summed E-state index contributed by atoms with van der Waals surface area (Å²) in [6, 6.07) is 8.42. The maximum absolute atomic E-state index is 5.30. The van der Waals surface area contributed by atoms with Crippen LogP contribution < -0.4 is 10.1 Å². The molecule has 90 valence electrons. The molecule has 1 rings (SSSR count). The summed E-state index contributed by atoms with van der Waals surface area (Å²) in [5.74, 6) is 1.89. The molecule has 0 aromatic heterocycles. The largest absolute Gasteiger partial charge is 0.496 e. The van der Waals surface area contributed by atoms with Crippen molar-refractivity contribution in [2.45, 2.75) is 10.9 Å². The van der Waals surface area contributed by atoms with Gasteiger partial charge in [0.1, 0.15) is 5.75 Å². The summed E-state index contributed by atoms with van der Waals surface area (Å²) in [6.07, 6.45) is 0. The summed E-state index contributed by atoms with van der Waals surface area (Å²) in [5, 5.41) is 3.22. The van der Waals surface area contributed by atoms with Crippen LogP contribution in [-0.4, -0.2) is 39.7 Å². The van der Waals surface area contributed by atoms with Crippen LogP contribution in [0.2, 0.25) is 0 Å². The van der Waals surface area contributed by atoms with Crippen molar-refractivity contribution >= 4 is 11.8 Å². The quantitative estimate of drug-likeness (QED) is 0.740. The third-order valence-electron chi connectivity index (χ3n) is 2.29. The van der Waals surface area contributed by atoms with Gasteiger partial charge in [-0.2, -0.15) is 0 Å². The van der Waals surface area contributed by atoms with E-state index in [4.69, 9.17) is 9.47 Å². The van der Waals surface area contributed by atoms with Crippen LogP contribution in [0.4, 0.5) is 0 Å². The van der Waals surface area contributed by atoms with Gasteiger partial charge in [0.2, 0.25) is 0 Å². The molecular formula is C12H19NO2S. The number of benzene rings is 1. The van der Waals surface area contributed by atoms with Gasteiger partial charge in [-0.05, 0) is 19.2 Å². The second kappa shape index (κ2) is 7.54. The Morgan fingerprint density at radius 2 is 2.06 bits per heavy atom. The molecule has 16 heavy (non-hydrogen) atoms. The zero-order valence-electron chi connectivity index (χ0n) is 10.0. The van der Waals surface area contributed by atoms with Crippen LogP contribution in [0.5, 0.6) is 5.75 Å². The van der Waals surface area contributed by atoms with E-state index in [0.717, 1.165) is 18.1 Å². The van der Waals surface area contributed by atoms with Gasteiger partial charge in [-0.25, -0.2) is 0 Å². The van der Waals surface area contributed by atoms with Crippen molar-refractivity contribution in [2.75, 3.05) is 33.6 Å². The molecule has 0 saturated carbocycles. The summed E-state index contributed by atoms with van der Waals surface area (Å²) in [5.41, 5.74) is 0. The van der Waals surface area contributed by atoms with E-state index >= 15 is 0 Å². The first-order valence-corrected chi connectivity index (χ1v) is 6.22. The third-order valence-corrected chi connectivity index (χ3v) is 3.50. The average molecular weight is 241 g/mol. The van der Waals surface area contributed by atoms with Gasteiger partial charge in [0.25, 0.3) is 0 Å². The molecule has 0 radical (unpaired) electrons. The molecule has 4 heteroatoms. The fourth-order valence-electron chi connectivity index (χ4n) is 1.34. The molecular weight excluding hydrogens is 222 g/mol. The van der Waals surface area contributed by atoms with E-state index in [-0.39, 0.29) is 0 Å². The molecule has 1 aromatic rings. The lowest BCUT2D eigenvalue weighted by molar-refractivity contribution is 0.177. The van der Waals surface area contributed by atoms with E-state index in [1.54, 1.807) is 26.0 Å². The number of ether oxygens (including phenoxy) is 2. The lowest BCUT2D eigenvalue weighted by Gasteiger charge is -2.15. The predicted molar refractivity (Wildman–Crippen MR) is 68.4 cm³/mol. The highest BCUT2D eigenvalue weighted by Gasteiger charge is 2.08. The Hall–Kier alpha value is -0.710. The lowest BCUT2D eigenvalue weighted by atomic mass is 10.3. The van der Waals surface area contributed by atoms with Crippen molar-refractivity contribution in [3.8, 4) is 5.75 Å². The van der Waals surface area contributed by atoms with Crippen LogP contribution in [0, 0.1) is 0 Å².